The summed E-state index contributed by atoms with van der Waals surface area (Å²) >= 11 is 5.68. The Hall–Kier alpha value is -1.62. The number of nitrogens with one attached hydrogen (secondary N) is 1. The molecule has 1 unspecified atom stereocenters. The summed E-state index contributed by atoms with van der Waals surface area (Å²) in [6, 6.07) is 4.03. The number of benzene rings is 1. The number of halogens is 2. The van der Waals surface area contributed by atoms with Gasteiger partial charge in [-0.2, -0.15) is 0 Å². The summed E-state index contributed by atoms with van der Waals surface area (Å²) in [7, 11) is 0. The van der Waals surface area contributed by atoms with Crippen LogP contribution in [-0.2, 0) is 9.59 Å². The molecule has 1 atom stereocenters. The van der Waals surface area contributed by atoms with E-state index >= 15 is 0 Å². The molecule has 1 heterocycles. The van der Waals surface area contributed by atoms with Crippen LogP contribution in [-0.4, -0.2) is 29.8 Å². The smallest absolute Gasteiger partial charge is 0.229 e. The van der Waals surface area contributed by atoms with E-state index in [0.717, 1.165) is 6.54 Å². The molecule has 112 valence electrons. The van der Waals surface area contributed by atoms with Gasteiger partial charge in [-0.3, -0.25) is 9.59 Å². The fraction of sp³-hybridized carbons (Fsp3) is 0.467. The van der Waals surface area contributed by atoms with Crippen LogP contribution in [0.15, 0.2) is 18.2 Å². The van der Waals surface area contributed by atoms with Gasteiger partial charge in [0.15, 0.2) is 0 Å². The van der Waals surface area contributed by atoms with Crippen LogP contribution in [0.3, 0.4) is 0 Å². The summed E-state index contributed by atoms with van der Waals surface area (Å²) in [5.41, 5.74) is 0.444. The van der Waals surface area contributed by atoms with Crippen LogP contribution in [0.1, 0.15) is 19.3 Å². The highest BCUT2D eigenvalue weighted by Gasteiger charge is 2.37. The van der Waals surface area contributed by atoms with E-state index in [0.29, 0.717) is 18.2 Å². The van der Waals surface area contributed by atoms with E-state index in [4.69, 9.17) is 11.6 Å². The predicted molar refractivity (Wildman–Crippen MR) is 77.5 cm³/mol. The topological polar surface area (TPSA) is 49.4 Å². The molecule has 6 heteroatoms. The molecule has 4 nitrogen and oxygen atoms in total. The Morgan fingerprint density at radius 1 is 1.43 bits per heavy atom. The monoisotopic (exact) mass is 310 g/mol. The molecule has 1 aliphatic carbocycles. The minimum Gasteiger partial charge on any atom is -0.342 e. The van der Waals surface area contributed by atoms with Gasteiger partial charge in [-0.1, -0.05) is 11.6 Å². The third-order valence-corrected chi connectivity index (χ3v) is 4.24. The van der Waals surface area contributed by atoms with Gasteiger partial charge in [-0.25, -0.2) is 4.39 Å². The lowest BCUT2D eigenvalue weighted by atomic mass is 10.1. The van der Waals surface area contributed by atoms with Crippen molar-refractivity contribution in [3.63, 3.8) is 0 Å². The highest BCUT2D eigenvalue weighted by molar-refractivity contribution is 6.31. The average molecular weight is 311 g/mol. The number of hydrogen-bond acceptors (Lipinski definition) is 2. The van der Waals surface area contributed by atoms with Crippen LogP contribution in [0.5, 0.6) is 0 Å². The van der Waals surface area contributed by atoms with Crippen LogP contribution < -0.4 is 5.32 Å². The van der Waals surface area contributed by atoms with Crippen molar-refractivity contribution in [1.29, 1.82) is 0 Å². The molecule has 0 radical (unpaired) electrons. The van der Waals surface area contributed by atoms with Crippen LogP contribution in [0.2, 0.25) is 5.02 Å². The molecule has 21 heavy (non-hydrogen) atoms. The maximum absolute atomic E-state index is 13.1. The highest BCUT2D eigenvalue weighted by atomic mass is 35.5. The van der Waals surface area contributed by atoms with E-state index in [9.17, 15) is 14.0 Å². The van der Waals surface area contributed by atoms with Gasteiger partial charge in [0.2, 0.25) is 11.8 Å². The first kappa shape index (κ1) is 14.3. The molecule has 1 N–H and O–H groups in total. The summed E-state index contributed by atoms with van der Waals surface area (Å²) in [5, 5.41) is 2.66. The normalized spacial score (nSPS) is 21.7. The Balaban J connectivity index is 1.60. The molecule has 3 rings (SSSR count). The minimum atomic E-state index is -0.527. The third-order valence-electron chi connectivity index (χ3n) is 3.95. The number of rotatable bonds is 4. The van der Waals surface area contributed by atoms with E-state index < -0.39 is 5.82 Å². The second-order valence-corrected chi connectivity index (χ2v) is 6.17. The standard InChI is InChI=1S/C15H16ClFN2O2/c16-12-6-11(3-4-13(12)17)18-15(21)10-5-14(20)19(8-10)7-9-1-2-9/h3-4,6,9-10H,1-2,5,7-8H2,(H,18,21). The number of anilines is 1. The van der Waals surface area contributed by atoms with Gasteiger partial charge in [-0.05, 0) is 37.0 Å². The molecule has 1 aromatic carbocycles. The highest BCUT2D eigenvalue weighted by Crippen LogP contribution is 2.32. The molecule has 1 saturated carbocycles. The van der Waals surface area contributed by atoms with Crippen molar-refractivity contribution in [1.82, 2.24) is 4.90 Å². The van der Waals surface area contributed by atoms with Crippen LogP contribution in [0.4, 0.5) is 10.1 Å². The summed E-state index contributed by atoms with van der Waals surface area (Å²) < 4.78 is 13.1. The molecule has 1 aromatic rings. The van der Waals surface area contributed by atoms with E-state index in [-0.39, 0.29) is 29.2 Å². The second-order valence-electron chi connectivity index (χ2n) is 5.76. The van der Waals surface area contributed by atoms with Crippen LogP contribution in [0.25, 0.3) is 0 Å². The molecule has 2 fully saturated rings. The fourth-order valence-corrected chi connectivity index (χ4v) is 2.74. The van der Waals surface area contributed by atoms with Gasteiger partial charge in [0, 0.05) is 25.2 Å². The summed E-state index contributed by atoms with van der Waals surface area (Å²) in [6.07, 6.45) is 2.59. The van der Waals surface area contributed by atoms with Crippen LogP contribution in [0, 0.1) is 17.7 Å². The molecule has 1 saturated heterocycles. The zero-order valence-corrected chi connectivity index (χ0v) is 12.2. The lowest BCUT2D eigenvalue weighted by Gasteiger charge is -2.16. The number of nitrogens with zero attached hydrogens (tertiary/aromatic N) is 1. The van der Waals surface area contributed by atoms with Crippen molar-refractivity contribution in [2.24, 2.45) is 11.8 Å². The van der Waals surface area contributed by atoms with Gasteiger partial charge < -0.3 is 10.2 Å². The zero-order chi connectivity index (χ0) is 15.0. The summed E-state index contributed by atoms with van der Waals surface area (Å²) in [5.74, 6) is -0.434. The Labute approximate surface area is 127 Å². The SMILES string of the molecule is O=C(Nc1ccc(F)c(Cl)c1)C1CC(=O)N(CC2CC2)C1. The summed E-state index contributed by atoms with van der Waals surface area (Å²) in [6.45, 7) is 1.24. The van der Waals surface area contributed by atoms with E-state index in [1.165, 1.54) is 31.0 Å². The van der Waals surface area contributed by atoms with Crippen molar-refractivity contribution < 1.29 is 14.0 Å². The number of hydrogen-bond donors (Lipinski definition) is 1. The second kappa shape index (κ2) is 5.64. The van der Waals surface area contributed by atoms with Gasteiger partial charge in [0.25, 0.3) is 0 Å². The number of carbonyl (C=O) groups is 2. The molecule has 2 aliphatic rings. The Kier molecular flexibility index (Phi) is 3.85. The summed E-state index contributed by atoms with van der Waals surface area (Å²) in [4.78, 5) is 25.8. The predicted octanol–water partition coefficient (Wildman–Crippen LogP) is 2.68. The van der Waals surface area contributed by atoms with Crippen molar-refractivity contribution in [2.75, 3.05) is 18.4 Å². The number of amides is 2. The lowest BCUT2D eigenvalue weighted by Crippen LogP contribution is -2.29. The quantitative estimate of drug-likeness (QED) is 0.929. The van der Waals surface area contributed by atoms with E-state index in [1.54, 1.807) is 4.90 Å². The van der Waals surface area contributed by atoms with Crippen molar-refractivity contribution in [3.8, 4) is 0 Å². The Morgan fingerprint density at radius 2 is 2.19 bits per heavy atom. The number of carbonyl (C=O) groups excluding carboxylic acids is 2. The van der Waals surface area contributed by atoms with Gasteiger partial charge in [0.1, 0.15) is 5.82 Å². The van der Waals surface area contributed by atoms with Gasteiger partial charge in [-0.15, -0.1) is 0 Å². The molecule has 0 aromatic heterocycles. The first-order valence-corrected chi connectivity index (χ1v) is 7.44. The van der Waals surface area contributed by atoms with Crippen LogP contribution >= 0.6 is 11.6 Å². The molecule has 0 spiro atoms. The Bertz CT molecular complexity index is 589. The van der Waals surface area contributed by atoms with Crippen molar-refractivity contribution >= 4 is 29.1 Å². The minimum absolute atomic E-state index is 0.0364. The largest absolute Gasteiger partial charge is 0.342 e. The molecular formula is C15H16ClFN2O2. The fourth-order valence-electron chi connectivity index (χ4n) is 2.55. The molecule has 1 aliphatic heterocycles. The number of likely N-dealkylation sites (tertiary alicyclic amines) is 1. The lowest BCUT2D eigenvalue weighted by molar-refractivity contribution is -0.128. The van der Waals surface area contributed by atoms with E-state index in [1.807, 2.05) is 0 Å². The molecule has 2 amide bonds. The molecular weight excluding hydrogens is 295 g/mol. The van der Waals surface area contributed by atoms with Crippen molar-refractivity contribution in [2.45, 2.75) is 19.3 Å². The maximum atomic E-state index is 13.1. The first-order valence-electron chi connectivity index (χ1n) is 7.06. The first-order chi connectivity index (χ1) is 10.0. The molecule has 0 bridgehead atoms. The Morgan fingerprint density at radius 3 is 2.86 bits per heavy atom. The maximum Gasteiger partial charge on any atom is 0.229 e. The van der Waals surface area contributed by atoms with Gasteiger partial charge >= 0.3 is 0 Å². The third kappa shape index (κ3) is 3.35. The average Bonchev–Trinajstić information content (AvgIpc) is 3.17. The van der Waals surface area contributed by atoms with E-state index in [2.05, 4.69) is 5.32 Å². The zero-order valence-electron chi connectivity index (χ0n) is 11.4. The van der Waals surface area contributed by atoms with Gasteiger partial charge in [0.05, 0.1) is 10.9 Å². The van der Waals surface area contributed by atoms with Crippen molar-refractivity contribution in [3.05, 3.63) is 29.0 Å².